The van der Waals surface area contributed by atoms with Crippen molar-refractivity contribution in [2.24, 2.45) is 21.9 Å². The van der Waals surface area contributed by atoms with Crippen LogP contribution in [-0.4, -0.2) is 62.3 Å². The molecule has 0 saturated carbocycles. The van der Waals surface area contributed by atoms with Gasteiger partial charge in [-0.2, -0.15) is 0 Å². The predicted octanol–water partition coefficient (Wildman–Crippen LogP) is -0.696. The first-order chi connectivity index (χ1) is 9.53. The standard InChI is InChI=1S/C13H24N4O3/c1-10-8-17(4-7-20-10)12(15)16-9-13(11(14)18)2-5-19-6-3-13/h10H,2-9H2,1H3,(H2,14,18)(H2,15,16). The van der Waals surface area contributed by atoms with Crippen LogP contribution in [0.1, 0.15) is 19.8 Å². The number of carbonyl (C=O) groups excluding carboxylic acids is 1. The molecule has 2 fully saturated rings. The van der Waals surface area contributed by atoms with Crippen molar-refractivity contribution in [3.8, 4) is 0 Å². The van der Waals surface area contributed by atoms with E-state index < -0.39 is 5.41 Å². The zero-order valence-electron chi connectivity index (χ0n) is 12.0. The summed E-state index contributed by atoms with van der Waals surface area (Å²) in [6.07, 6.45) is 1.36. The van der Waals surface area contributed by atoms with Crippen LogP contribution in [0.15, 0.2) is 4.99 Å². The Balaban J connectivity index is 1.99. The zero-order chi connectivity index (χ0) is 14.6. The van der Waals surface area contributed by atoms with Crippen LogP contribution in [0.4, 0.5) is 0 Å². The molecular formula is C13H24N4O3. The Bertz CT molecular complexity index is 380. The van der Waals surface area contributed by atoms with Crippen LogP contribution in [0.3, 0.4) is 0 Å². The molecule has 2 aliphatic heterocycles. The molecule has 7 heteroatoms. The van der Waals surface area contributed by atoms with Crippen molar-refractivity contribution < 1.29 is 14.3 Å². The van der Waals surface area contributed by atoms with E-state index in [0.717, 1.165) is 13.1 Å². The number of amides is 1. The maximum atomic E-state index is 11.7. The number of primary amides is 1. The number of hydrogen-bond acceptors (Lipinski definition) is 4. The summed E-state index contributed by atoms with van der Waals surface area (Å²) in [5.74, 6) is 0.153. The lowest BCUT2D eigenvalue weighted by atomic mass is 9.79. The highest BCUT2D eigenvalue weighted by molar-refractivity contribution is 5.82. The summed E-state index contributed by atoms with van der Waals surface area (Å²) in [5, 5.41) is 0. The Hall–Kier alpha value is -1.34. The highest BCUT2D eigenvalue weighted by atomic mass is 16.5. The molecule has 0 radical (unpaired) electrons. The summed E-state index contributed by atoms with van der Waals surface area (Å²) in [7, 11) is 0. The maximum absolute atomic E-state index is 11.7. The molecule has 0 aromatic rings. The fourth-order valence-corrected chi connectivity index (χ4v) is 2.60. The molecule has 0 spiro atoms. The molecule has 0 aromatic carbocycles. The summed E-state index contributed by atoms with van der Waals surface area (Å²) in [5.41, 5.74) is 11.0. The second-order valence-corrected chi connectivity index (χ2v) is 5.56. The molecule has 0 aliphatic carbocycles. The smallest absolute Gasteiger partial charge is 0.225 e. The molecule has 7 nitrogen and oxygen atoms in total. The minimum absolute atomic E-state index is 0.144. The van der Waals surface area contributed by atoms with Crippen molar-refractivity contribution in [1.29, 1.82) is 0 Å². The first kappa shape index (κ1) is 15.1. The topological polar surface area (TPSA) is 103 Å². The lowest BCUT2D eigenvalue weighted by Gasteiger charge is -2.34. The summed E-state index contributed by atoms with van der Waals surface area (Å²) in [6, 6.07) is 0. The second-order valence-electron chi connectivity index (χ2n) is 5.56. The van der Waals surface area contributed by atoms with Gasteiger partial charge < -0.3 is 25.8 Å². The van der Waals surface area contributed by atoms with Crippen LogP contribution in [0.5, 0.6) is 0 Å². The fourth-order valence-electron chi connectivity index (χ4n) is 2.60. The summed E-state index contributed by atoms with van der Waals surface area (Å²) in [6.45, 7) is 5.53. The van der Waals surface area contributed by atoms with Gasteiger partial charge in [0.2, 0.25) is 5.91 Å². The molecule has 2 heterocycles. The highest BCUT2D eigenvalue weighted by Crippen LogP contribution is 2.30. The molecule has 0 bridgehead atoms. The van der Waals surface area contributed by atoms with E-state index in [1.165, 1.54) is 0 Å². The molecule has 2 saturated heterocycles. The third-order valence-electron chi connectivity index (χ3n) is 4.08. The molecular weight excluding hydrogens is 260 g/mol. The SMILES string of the molecule is CC1CN(C(N)=NCC2(C(N)=O)CCOCC2)CCO1. The van der Waals surface area contributed by atoms with Gasteiger partial charge in [-0.3, -0.25) is 9.79 Å². The van der Waals surface area contributed by atoms with Gasteiger partial charge in [-0.25, -0.2) is 0 Å². The lowest BCUT2D eigenvalue weighted by Crippen LogP contribution is -2.49. The normalized spacial score (nSPS) is 27.4. The first-order valence-electron chi connectivity index (χ1n) is 7.08. The van der Waals surface area contributed by atoms with Gasteiger partial charge in [-0.05, 0) is 19.8 Å². The maximum Gasteiger partial charge on any atom is 0.225 e. The Labute approximate surface area is 119 Å². The minimum Gasteiger partial charge on any atom is -0.381 e. The number of nitrogens with zero attached hydrogens (tertiary/aromatic N) is 2. The van der Waals surface area contributed by atoms with E-state index in [4.69, 9.17) is 20.9 Å². The molecule has 0 aromatic heterocycles. The van der Waals surface area contributed by atoms with Gasteiger partial charge in [0.1, 0.15) is 0 Å². The molecule has 2 rings (SSSR count). The first-order valence-corrected chi connectivity index (χ1v) is 7.08. The van der Waals surface area contributed by atoms with E-state index in [-0.39, 0.29) is 12.0 Å². The van der Waals surface area contributed by atoms with Crippen molar-refractivity contribution >= 4 is 11.9 Å². The second kappa shape index (κ2) is 6.41. The number of morpholine rings is 1. The number of rotatable bonds is 3. The van der Waals surface area contributed by atoms with Gasteiger partial charge in [0.05, 0.1) is 24.7 Å². The van der Waals surface area contributed by atoms with E-state index in [1.54, 1.807) is 0 Å². The Morgan fingerprint density at radius 3 is 2.65 bits per heavy atom. The molecule has 1 atom stereocenters. The summed E-state index contributed by atoms with van der Waals surface area (Å²) in [4.78, 5) is 18.1. The monoisotopic (exact) mass is 284 g/mol. The number of nitrogens with two attached hydrogens (primary N) is 2. The number of hydrogen-bond donors (Lipinski definition) is 2. The van der Waals surface area contributed by atoms with Crippen LogP contribution in [0.2, 0.25) is 0 Å². The number of aliphatic imine (C=N–C) groups is 1. The van der Waals surface area contributed by atoms with Crippen molar-refractivity contribution in [1.82, 2.24) is 4.90 Å². The predicted molar refractivity (Wildman–Crippen MR) is 75.2 cm³/mol. The molecule has 2 aliphatic rings. The van der Waals surface area contributed by atoms with Gasteiger partial charge in [0.25, 0.3) is 0 Å². The van der Waals surface area contributed by atoms with E-state index in [2.05, 4.69) is 4.99 Å². The van der Waals surface area contributed by atoms with Crippen LogP contribution in [0, 0.1) is 5.41 Å². The van der Waals surface area contributed by atoms with E-state index in [1.807, 2.05) is 11.8 Å². The number of carbonyl (C=O) groups is 1. The van der Waals surface area contributed by atoms with Crippen LogP contribution in [0.25, 0.3) is 0 Å². The van der Waals surface area contributed by atoms with Gasteiger partial charge in [-0.15, -0.1) is 0 Å². The van der Waals surface area contributed by atoms with E-state index >= 15 is 0 Å². The molecule has 4 N–H and O–H groups in total. The van der Waals surface area contributed by atoms with Crippen molar-refractivity contribution in [3.05, 3.63) is 0 Å². The average molecular weight is 284 g/mol. The number of guanidine groups is 1. The van der Waals surface area contributed by atoms with Gasteiger partial charge in [-0.1, -0.05) is 0 Å². The van der Waals surface area contributed by atoms with Gasteiger partial charge in [0, 0.05) is 26.3 Å². The molecule has 1 amide bonds. The average Bonchev–Trinajstić information content (AvgIpc) is 2.45. The third kappa shape index (κ3) is 3.40. The van der Waals surface area contributed by atoms with E-state index in [9.17, 15) is 4.79 Å². The largest absolute Gasteiger partial charge is 0.381 e. The highest BCUT2D eigenvalue weighted by Gasteiger charge is 2.38. The van der Waals surface area contributed by atoms with Crippen molar-refractivity contribution in [3.63, 3.8) is 0 Å². The van der Waals surface area contributed by atoms with Crippen LogP contribution >= 0.6 is 0 Å². The Kier molecular flexibility index (Phi) is 4.82. The zero-order valence-corrected chi connectivity index (χ0v) is 12.0. The number of ether oxygens (including phenoxy) is 2. The Morgan fingerprint density at radius 2 is 2.05 bits per heavy atom. The molecule has 114 valence electrons. The van der Waals surface area contributed by atoms with Crippen LogP contribution < -0.4 is 11.5 Å². The van der Waals surface area contributed by atoms with Crippen molar-refractivity contribution in [2.45, 2.75) is 25.9 Å². The lowest BCUT2D eigenvalue weighted by molar-refractivity contribution is -0.132. The fraction of sp³-hybridized carbons (Fsp3) is 0.846. The van der Waals surface area contributed by atoms with Crippen LogP contribution in [-0.2, 0) is 14.3 Å². The van der Waals surface area contributed by atoms with Gasteiger partial charge >= 0.3 is 0 Å². The molecule has 20 heavy (non-hydrogen) atoms. The van der Waals surface area contributed by atoms with Crippen molar-refractivity contribution in [2.75, 3.05) is 39.5 Å². The Morgan fingerprint density at radius 1 is 1.35 bits per heavy atom. The summed E-state index contributed by atoms with van der Waals surface area (Å²) >= 11 is 0. The molecule has 1 unspecified atom stereocenters. The van der Waals surface area contributed by atoms with Gasteiger partial charge in [0.15, 0.2) is 5.96 Å². The summed E-state index contributed by atoms with van der Waals surface area (Å²) < 4.78 is 10.8. The quantitative estimate of drug-likeness (QED) is 0.527. The van der Waals surface area contributed by atoms with E-state index in [0.29, 0.717) is 45.2 Å². The minimum atomic E-state index is -0.610. The third-order valence-corrected chi connectivity index (χ3v) is 4.08.